The summed E-state index contributed by atoms with van der Waals surface area (Å²) in [5.74, 6) is -1.81. The van der Waals surface area contributed by atoms with Crippen LogP contribution in [0, 0.1) is 0 Å². The second-order valence-electron chi connectivity index (χ2n) is 3.04. The van der Waals surface area contributed by atoms with Gasteiger partial charge < -0.3 is 4.57 Å². The van der Waals surface area contributed by atoms with E-state index in [0.29, 0.717) is 13.0 Å². The Morgan fingerprint density at radius 1 is 1.53 bits per heavy atom. The molecule has 2 nitrogen and oxygen atoms in total. The number of ketones is 1. The van der Waals surface area contributed by atoms with Gasteiger partial charge in [-0.3, -0.25) is 4.79 Å². The van der Waals surface area contributed by atoms with E-state index in [-0.39, 0.29) is 5.56 Å². The molecular formula is C10H10F3NO. The number of nitrogens with zero attached hydrogens (tertiary/aromatic N) is 1. The SMILES string of the molecule is C=CCCn1ccc(C(=O)C(F)(F)F)c1. The Morgan fingerprint density at radius 2 is 2.20 bits per heavy atom. The zero-order valence-corrected chi connectivity index (χ0v) is 7.92. The lowest BCUT2D eigenvalue weighted by Crippen LogP contribution is -2.22. The fourth-order valence-corrected chi connectivity index (χ4v) is 1.12. The van der Waals surface area contributed by atoms with Gasteiger partial charge in [-0.25, -0.2) is 0 Å². The van der Waals surface area contributed by atoms with Crippen molar-refractivity contribution in [2.45, 2.75) is 19.1 Å². The van der Waals surface area contributed by atoms with Crippen LogP contribution >= 0.6 is 0 Å². The summed E-state index contributed by atoms with van der Waals surface area (Å²) in [5, 5.41) is 0. The van der Waals surface area contributed by atoms with Crippen molar-refractivity contribution in [2.75, 3.05) is 0 Å². The Balaban J connectivity index is 2.76. The van der Waals surface area contributed by atoms with Crippen molar-refractivity contribution in [3.8, 4) is 0 Å². The lowest BCUT2D eigenvalue weighted by Gasteiger charge is -2.02. The summed E-state index contributed by atoms with van der Waals surface area (Å²) in [6, 6.07) is 1.17. The van der Waals surface area contributed by atoms with Crippen molar-refractivity contribution >= 4 is 5.78 Å². The monoisotopic (exact) mass is 217 g/mol. The number of aryl methyl sites for hydroxylation is 1. The number of allylic oxidation sites excluding steroid dienone is 1. The molecule has 1 aromatic heterocycles. The number of hydrogen-bond acceptors (Lipinski definition) is 1. The van der Waals surface area contributed by atoms with Crippen molar-refractivity contribution in [3.63, 3.8) is 0 Å². The fourth-order valence-electron chi connectivity index (χ4n) is 1.12. The Labute approximate surface area is 85.0 Å². The number of aromatic nitrogens is 1. The molecule has 0 saturated carbocycles. The molecule has 1 heterocycles. The first kappa shape index (κ1) is 11.6. The van der Waals surface area contributed by atoms with Crippen molar-refractivity contribution in [1.82, 2.24) is 4.57 Å². The summed E-state index contributed by atoms with van der Waals surface area (Å²) in [6.07, 6.45) is 0.145. The number of alkyl halides is 3. The third-order valence-corrected chi connectivity index (χ3v) is 1.86. The highest BCUT2D eigenvalue weighted by atomic mass is 19.4. The van der Waals surface area contributed by atoms with Gasteiger partial charge in [0.05, 0.1) is 0 Å². The number of carbonyl (C=O) groups excluding carboxylic acids is 1. The minimum Gasteiger partial charge on any atom is -0.353 e. The number of Topliss-reactive ketones (excluding diaryl/α,β-unsaturated/α-hetero) is 1. The molecule has 0 amide bonds. The molecule has 0 fully saturated rings. The zero-order chi connectivity index (χ0) is 11.5. The average molecular weight is 217 g/mol. The minimum absolute atomic E-state index is 0.327. The van der Waals surface area contributed by atoms with Gasteiger partial charge in [-0.15, -0.1) is 6.58 Å². The van der Waals surface area contributed by atoms with Crippen molar-refractivity contribution < 1.29 is 18.0 Å². The smallest absolute Gasteiger partial charge is 0.353 e. The molecule has 0 unspecified atom stereocenters. The summed E-state index contributed by atoms with van der Waals surface area (Å²) in [6.45, 7) is 4.02. The maximum absolute atomic E-state index is 12.0. The first-order chi connectivity index (χ1) is 6.95. The molecule has 0 aliphatic rings. The highest BCUT2D eigenvalue weighted by Crippen LogP contribution is 2.21. The van der Waals surface area contributed by atoms with E-state index in [2.05, 4.69) is 6.58 Å². The van der Waals surface area contributed by atoms with E-state index in [1.54, 1.807) is 6.08 Å². The molecule has 0 aromatic carbocycles. The van der Waals surface area contributed by atoms with Crippen LogP contribution < -0.4 is 0 Å². The lowest BCUT2D eigenvalue weighted by atomic mass is 10.2. The highest BCUT2D eigenvalue weighted by Gasteiger charge is 2.39. The van der Waals surface area contributed by atoms with E-state index in [1.165, 1.54) is 23.0 Å². The first-order valence-corrected chi connectivity index (χ1v) is 4.33. The maximum Gasteiger partial charge on any atom is 0.454 e. The zero-order valence-electron chi connectivity index (χ0n) is 7.92. The molecule has 82 valence electrons. The predicted molar refractivity (Wildman–Crippen MR) is 49.6 cm³/mol. The van der Waals surface area contributed by atoms with Gasteiger partial charge in [0, 0.05) is 24.5 Å². The molecule has 1 aromatic rings. The molecule has 0 aliphatic heterocycles. The van der Waals surface area contributed by atoms with Crippen molar-refractivity contribution in [1.29, 1.82) is 0 Å². The molecule has 15 heavy (non-hydrogen) atoms. The molecule has 0 N–H and O–H groups in total. The standard InChI is InChI=1S/C10H10F3NO/c1-2-3-5-14-6-4-8(7-14)9(15)10(11,12)13/h2,4,6-7H,1,3,5H2. The van der Waals surface area contributed by atoms with Crippen LogP contribution in [0.5, 0.6) is 0 Å². The quantitative estimate of drug-likeness (QED) is 0.561. The Hall–Kier alpha value is -1.52. The van der Waals surface area contributed by atoms with Gasteiger partial charge in [0.2, 0.25) is 0 Å². The predicted octanol–water partition coefficient (Wildman–Crippen LogP) is 2.81. The van der Waals surface area contributed by atoms with Gasteiger partial charge in [0.1, 0.15) is 0 Å². The molecule has 1 rings (SSSR count). The van der Waals surface area contributed by atoms with E-state index in [9.17, 15) is 18.0 Å². The van der Waals surface area contributed by atoms with Crippen LogP contribution in [0.2, 0.25) is 0 Å². The Bertz CT molecular complexity index is 365. The van der Waals surface area contributed by atoms with Crippen molar-refractivity contribution in [2.24, 2.45) is 0 Å². The molecule has 0 radical (unpaired) electrons. The normalized spacial score (nSPS) is 11.4. The second kappa shape index (κ2) is 4.33. The van der Waals surface area contributed by atoms with Gasteiger partial charge in [0.25, 0.3) is 5.78 Å². The van der Waals surface area contributed by atoms with Crippen LogP contribution in [-0.4, -0.2) is 16.5 Å². The van der Waals surface area contributed by atoms with E-state index in [1.807, 2.05) is 0 Å². The van der Waals surface area contributed by atoms with Gasteiger partial charge >= 0.3 is 6.18 Å². The van der Waals surface area contributed by atoms with Crippen LogP contribution in [0.3, 0.4) is 0 Å². The largest absolute Gasteiger partial charge is 0.454 e. The fraction of sp³-hybridized carbons (Fsp3) is 0.300. The topological polar surface area (TPSA) is 22.0 Å². The van der Waals surface area contributed by atoms with Gasteiger partial charge in [-0.05, 0) is 12.5 Å². The molecule has 0 bridgehead atoms. The first-order valence-electron chi connectivity index (χ1n) is 4.33. The second-order valence-corrected chi connectivity index (χ2v) is 3.04. The van der Waals surface area contributed by atoms with Crippen LogP contribution in [-0.2, 0) is 6.54 Å². The summed E-state index contributed by atoms with van der Waals surface area (Å²) < 4.78 is 37.6. The summed E-state index contributed by atoms with van der Waals surface area (Å²) in [4.78, 5) is 10.8. The summed E-state index contributed by atoms with van der Waals surface area (Å²) in [5.41, 5.74) is -0.327. The molecule has 0 atom stereocenters. The van der Waals surface area contributed by atoms with E-state index < -0.39 is 12.0 Å². The third-order valence-electron chi connectivity index (χ3n) is 1.86. The highest BCUT2D eigenvalue weighted by molar-refractivity contribution is 6.00. The minimum atomic E-state index is -4.80. The summed E-state index contributed by atoms with van der Waals surface area (Å²) in [7, 11) is 0. The molecule has 0 saturated heterocycles. The van der Waals surface area contributed by atoms with Gasteiger partial charge in [0.15, 0.2) is 0 Å². The van der Waals surface area contributed by atoms with Crippen LogP contribution in [0.4, 0.5) is 13.2 Å². The number of hydrogen-bond donors (Lipinski definition) is 0. The molecule has 0 spiro atoms. The van der Waals surface area contributed by atoms with Crippen LogP contribution in [0.1, 0.15) is 16.8 Å². The van der Waals surface area contributed by atoms with Gasteiger partial charge in [-0.1, -0.05) is 6.08 Å². The van der Waals surface area contributed by atoms with Crippen LogP contribution in [0.15, 0.2) is 31.1 Å². The van der Waals surface area contributed by atoms with E-state index >= 15 is 0 Å². The van der Waals surface area contributed by atoms with E-state index in [4.69, 9.17) is 0 Å². The Kier molecular flexibility index (Phi) is 3.34. The number of rotatable bonds is 4. The molecule has 5 heteroatoms. The van der Waals surface area contributed by atoms with Crippen molar-refractivity contribution in [3.05, 3.63) is 36.7 Å². The number of carbonyl (C=O) groups is 1. The lowest BCUT2D eigenvalue weighted by molar-refractivity contribution is -0.0885. The molecule has 0 aliphatic carbocycles. The Morgan fingerprint density at radius 3 is 2.73 bits per heavy atom. The number of halogens is 3. The van der Waals surface area contributed by atoms with Crippen LogP contribution in [0.25, 0.3) is 0 Å². The van der Waals surface area contributed by atoms with Gasteiger partial charge in [-0.2, -0.15) is 13.2 Å². The maximum atomic E-state index is 12.0. The van der Waals surface area contributed by atoms with E-state index in [0.717, 1.165) is 0 Å². The molecular weight excluding hydrogens is 207 g/mol. The average Bonchev–Trinajstić information content (AvgIpc) is 2.60. The summed E-state index contributed by atoms with van der Waals surface area (Å²) >= 11 is 0. The third kappa shape index (κ3) is 2.97.